The molecule has 9 heteroatoms. The molecule has 0 radical (unpaired) electrons. The highest BCUT2D eigenvalue weighted by Crippen LogP contribution is 2.29. The molecule has 1 saturated heterocycles. The van der Waals surface area contributed by atoms with Crippen molar-refractivity contribution in [2.75, 3.05) is 26.0 Å². The number of imide groups is 1. The SMILES string of the molecule is CCCCCCCCCCCCN1C(SCC(=O)OCC)=NC2C1C(=O)NC(=O)N2C. The Hall–Kier alpha value is -1.77. The fourth-order valence-corrected chi connectivity index (χ4v) is 4.83. The van der Waals surface area contributed by atoms with E-state index in [9.17, 15) is 14.4 Å². The van der Waals surface area contributed by atoms with Crippen LogP contribution in [-0.4, -0.2) is 71.0 Å². The second-order valence-corrected chi connectivity index (χ2v) is 9.09. The molecule has 0 spiro atoms. The van der Waals surface area contributed by atoms with Gasteiger partial charge in [0.1, 0.15) is 0 Å². The highest BCUT2D eigenvalue weighted by molar-refractivity contribution is 8.14. The van der Waals surface area contributed by atoms with Crippen LogP contribution in [0.25, 0.3) is 0 Å². The predicted octanol–water partition coefficient (Wildman–Crippen LogP) is 3.75. The van der Waals surface area contributed by atoms with Crippen LogP contribution < -0.4 is 5.32 Å². The molecule has 2 rings (SSSR count). The summed E-state index contributed by atoms with van der Waals surface area (Å²) in [5.74, 6) is -0.492. The summed E-state index contributed by atoms with van der Waals surface area (Å²) in [5, 5.41) is 3.04. The Morgan fingerprint density at radius 3 is 2.26 bits per heavy atom. The molecule has 2 atom stereocenters. The topological polar surface area (TPSA) is 91.3 Å². The number of thioether (sulfide) groups is 1. The first-order valence-electron chi connectivity index (χ1n) is 11.7. The molecule has 2 aliphatic rings. The Labute approximate surface area is 190 Å². The minimum absolute atomic E-state index is 0.139. The third kappa shape index (κ3) is 7.70. The number of amidine groups is 1. The molecule has 0 saturated carbocycles. The van der Waals surface area contributed by atoms with Crippen LogP contribution in [0.1, 0.15) is 78.1 Å². The number of urea groups is 1. The van der Waals surface area contributed by atoms with Crippen LogP contribution >= 0.6 is 11.8 Å². The number of unbranched alkanes of at least 4 members (excludes halogenated alkanes) is 9. The fourth-order valence-electron chi connectivity index (χ4n) is 3.95. The third-order valence-corrected chi connectivity index (χ3v) is 6.68. The zero-order valence-corrected chi connectivity index (χ0v) is 20.0. The van der Waals surface area contributed by atoms with E-state index in [-0.39, 0.29) is 17.6 Å². The number of rotatable bonds is 14. The van der Waals surface area contributed by atoms with Gasteiger partial charge >= 0.3 is 12.0 Å². The van der Waals surface area contributed by atoms with Gasteiger partial charge in [-0.2, -0.15) is 0 Å². The summed E-state index contributed by atoms with van der Waals surface area (Å²) < 4.78 is 5.00. The average molecular weight is 455 g/mol. The Bertz CT molecular complexity index is 643. The molecule has 0 aromatic rings. The van der Waals surface area contributed by atoms with Crippen LogP contribution in [0.5, 0.6) is 0 Å². The number of likely N-dealkylation sites (N-methyl/N-ethyl adjacent to an activating group) is 1. The standard InChI is InChI=1S/C22H38N4O4S/c1-4-6-7-8-9-10-11-12-13-14-15-26-18-19(25(3)21(29)24-20(18)28)23-22(26)31-16-17(27)30-5-2/h18-19H,4-16H2,1-3H3,(H,24,28,29). The van der Waals surface area contributed by atoms with Gasteiger partial charge in [-0.3, -0.25) is 14.9 Å². The molecule has 1 N–H and O–H groups in total. The van der Waals surface area contributed by atoms with Gasteiger partial charge in [-0.15, -0.1) is 0 Å². The third-order valence-electron chi connectivity index (χ3n) is 5.70. The number of carbonyl (C=O) groups excluding carboxylic acids is 3. The number of ether oxygens (including phenoxy) is 1. The van der Waals surface area contributed by atoms with Gasteiger partial charge in [0, 0.05) is 13.6 Å². The Balaban J connectivity index is 1.83. The Morgan fingerprint density at radius 2 is 1.65 bits per heavy atom. The van der Waals surface area contributed by atoms with Gasteiger partial charge in [0.05, 0.1) is 12.4 Å². The van der Waals surface area contributed by atoms with Crippen LogP contribution in [0, 0.1) is 0 Å². The smallest absolute Gasteiger partial charge is 0.325 e. The lowest BCUT2D eigenvalue weighted by Crippen LogP contribution is -2.63. The number of esters is 1. The largest absolute Gasteiger partial charge is 0.465 e. The van der Waals surface area contributed by atoms with Crippen LogP contribution in [0.15, 0.2) is 4.99 Å². The van der Waals surface area contributed by atoms with Crippen molar-refractivity contribution in [3.05, 3.63) is 0 Å². The number of nitrogens with zero attached hydrogens (tertiary/aromatic N) is 3. The first-order valence-corrected chi connectivity index (χ1v) is 12.7. The Morgan fingerprint density at radius 1 is 1.03 bits per heavy atom. The summed E-state index contributed by atoms with van der Waals surface area (Å²) in [6.45, 7) is 5.02. The van der Waals surface area contributed by atoms with Gasteiger partial charge < -0.3 is 14.5 Å². The van der Waals surface area contributed by atoms with Gasteiger partial charge in [-0.25, -0.2) is 9.79 Å². The maximum atomic E-state index is 12.5. The highest BCUT2D eigenvalue weighted by atomic mass is 32.2. The van der Waals surface area contributed by atoms with Crippen molar-refractivity contribution in [2.45, 2.75) is 90.3 Å². The van der Waals surface area contributed by atoms with E-state index in [1.807, 2.05) is 4.90 Å². The van der Waals surface area contributed by atoms with E-state index in [2.05, 4.69) is 17.2 Å². The molecule has 0 aromatic heterocycles. The van der Waals surface area contributed by atoms with Gasteiger partial charge in [0.15, 0.2) is 17.4 Å². The molecule has 31 heavy (non-hydrogen) atoms. The normalized spacial score (nSPS) is 20.5. The minimum atomic E-state index is -0.547. The van der Waals surface area contributed by atoms with Crippen molar-refractivity contribution in [1.29, 1.82) is 0 Å². The quantitative estimate of drug-likeness (QED) is 0.317. The van der Waals surface area contributed by atoms with Crippen molar-refractivity contribution in [1.82, 2.24) is 15.1 Å². The van der Waals surface area contributed by atoms with E-state index >= 15 is 0 Å². The van der Waals surface area contributed by atoms with Crippen LogP contribution in [0.2, 0.25) is 0 Å². The number of nitrogens with one attached hydrogen (secondary N) is 1. The summed E-state index contributed by atoms with van der Waals surface area (Å²) in [7, 11) is 1.64. The van der Waals surface area contributed by atoms with Gasteiger partial charge in [0.2, 0.25) is 0 Å². The molecule has 176 valence electrons. The van der Waals surface area contributed by atoms with Crippen molar-refractivity contribution >= 4 is 34.8 Å². The van der Waals surface area contributed by atoms with E-state index in [1.54, 1.807) is 14.0 Å². The van der Waals surface area contributed by atoms with Gasteiger partial charge in [-0.05, 0) is 13.3 Å². The van der Waals surface area contributed by atoms with Crippen molar-refractivity contribution in [2.24, 2.45) is 4.99 Å². The molecule has 0 bridgehead atoms. The summed E-state index contributed by atoms with van der Waals surface area (Å²) in [4.78, 5) is 44.3. The molecule has 1 fully saturated rings. The zero-order chi connectivity index (χ0) is 22.6. The van der Waals surface area contributed by atoms with Gasteiger partial charge in [-0.1, -0.05) is 76.5 Å². The lowest BCUT2D eigenvalue weighted by Gasteiger charge is -2.36. The molecule has 2 unspecified atom stereocenters. The number of carbonyl (C=O) groups is 3. The highest BCUT2D eigenvalue weighted by Gasteiger charge is 2.48. The van der Waals surface area contributed by atoms with E-state index in [0.29, 0.717) is 18.3 Å². The Kier molecular flexibility index (Phi) is 11.2. The number of amides is 3. The molecule has 0 aliphatic carbocycles. The van der Waals surface area contributed by atoms with Crippen LogP contribution in [-0.2, 0) is 14.3 Å². The van der Waals surface area contributed by atoms with Crippen LogP contribution in [0.3, 0.4) is 0 Å². The fraction of sp³-hybridized carbons (Fsp3) is 0.818. The summed E-state index contributed by atoms with van der Waals surface area (Å²) in [6, 6.07) is -0.975. The van der Waals surface area contributed by atoms with E-state index in [1.165, 1.54) is 68.0 Å². The van der Waals surface area contributed by atoms with E-state index in [4.69, 9.17) is 4.74 Å². The molecule has 8 nitrogen and oxygen atoms in total. The maximum absolute atomic E-state index is 12.5. The lowest BCUT2D eigenvalue weighted by atomic mass is 10.1. The monoisotopic (exact) mass is 454 g/mol. The second-order valence-electron chi connectivity index (χ2n) is 8.14. The summed E-state index contributed by atoms with van der Waals surface area (Å²) >= 11 is 1.28. The minimum Gasteiger partial charge on any atom is -0.465 e. The number of hydrogen-bond acceptors (Lipinski definition) is 7. The first-order chi connectivity index (χ1) is 15.0. The van der Waals surface area contributed by atoms with Crippen LogP contribution in [0.4, 0.5) is 4.79 Å². The average Bonchev–Trinajstić information content (AvgIpc) is 3.11. The summed E-state index contributed by atoms with van der Waals surface area (Å²) in [5.41, 5.74) is 0. The summed E-state index contributed by atoms with van der Waals surface area (Å²) in [6.07, 6.45) is 11.8. The molecule has 0 aromatic carbocycles. The van der Waals surface area contributed by atoms with Crippen molar-refractivity contribution in [3.8, 4) is 0 Å². The van der Waals surface area contributed by atoms with E-state index < -0.39 is 18.2 Å². The molecule has 3 amide bonds. The van der Waals surface area contributed by atoms with Gasteiger partial charge in [0.25, 0.3) is 5.91 Å². The van der Waals surface area contributed by atoms with E-state index in [0.717, 1.165) is 12.8 Å². The lowest BCUT2D eigenvalue weighted by molar-refractivity contribution is -0.139. The molecule has 2 aliphatic heterocycles. The first kappa shape index (κ1) is 25.5. The second kappa shape index (κ2) is 13.6. The number of aliphatic imine (C=N–C) groups is 1. The predicted molar refractivity (Wildman–Crippen MR) is 124 cm³/mol. The molecular weight excluding hydrogens is 416 g/mol. The molecule has 2 heterocycles. The van der Waals surface area contributed by atoms with Crippen molar-refractivity contribution < 1.29 is 19.1 Å². The molecular formula is C22H38N4O4S. The maximum Gasteiger partial charge on any atom is 0.325 e. The number of fused-ring (bicyclic) bond motifs is 1. The van der Waals surface area contributed by atoms with Crippen molar-refractivity contribution in [3.63, 3.8) is 0 Å². The number of hydrogen-bond donors (Lipinski definition) is 1. The zero-order valence-electron chi connectivity index (χ0n) is 19.2.